The number of nitrogens with one attached hydrogen (secondary N) is 1. The van der Waals surface area contributed by atoms with Crippen molar-refractivity contribution >= 4 is 5.69 Å². The highest BCUT2D eigenvalue weighted by Gasteiger charge is 2.12. The van der Waals surface area contributed by atoms with Gasteiger partial charge in [-0.2, -0.15) is 0 Å². The number of aryl methyl sites for hydroxylation is 1. The Morgan fingerprint density at radius 2 is 1.88 bits per heavy atom. The second-order valence-electron chi connectivity index (χ2n) is 4.52. The molecule has 0 bridgehead atoms. The van der Waals surface area contributed by atoms with Crippen LogP contribution in [0.4, 0.5) is 5.69 Å². The predicted molar refractivity (Wildman–Crippen MR) is 74.4 cm³/mol. The fraction of sp³-hybridized carbons (Fsp3) is 0.571. The van der Waals surface area contributed by atoms with E-state index in [1.54, 1.807) is 7.11 Å². The lowest BCUT2D eigenvalue weighted by Gasteiger charge is -2.24. The van der Waals surface area contributed by atoms with Crippen molar-refractivity contribution in [3.63, 3.8) is 0 Å². The van der Waals surface area contributed by atoms with Crippen LogP contribution in [0.3, 0.4) is 0 Å². The maximum absolute atomic E-state index is 5.44. The summed E-state index contributed by atoms with van der Waals surface area (Å²) >= 11 is 0. The summed E-state index contributed by atoms with van der Waals surface area (Å²) in [7, 11) is 5.84. The number of methoxy groups -OCH3 is 1. The topological polar surface area (TPSA) is 24.5 Å². The molecule has 0 radical (unpaired) electrons. The Labute approximate surface area is 105 Å². The molecule has 0 unspecified atom stereocenters. The number of rotatable bonds is 5. The maximum atomic E-state index is 5.44. The molecule has 1 aromatic carbocycles. The molecule has 1 aromatic rings. The van der Waals surface area contributed by atoms with E-state index in [4.69, 9.17) is 4.74 Å². The zero-order chi connectivity index (χ0) is 13.0. The number of ether oxygens (including phenoxy) is 1. The van der Waals surface area contributed by atoms with Crippen molar-refractivity contribution in [1.29, 1.82) is 0 Å². The van der Waals surface area contributed by atoms with Crippen LogP contribution in [0.1, 0.15) is 16.7 Å². The molecule has 0 heterocycles. The summed E-state index contributed by atoms with van der Waals surface area (Å²) in [6.07, 6.45) is 0. The van der Waals surface area contributed by atoms with E-state index in [9.17, 15) is 0 Å². The van der Waals surface area contributed by atoms with Crippen molar-refractivity contribution in [2.75, 3.05) is 39.2 Å². The van der Waals surface area contributed by atoms with Crippen LogP contribution >= 0.6 is 0 Å². The normalized spacial score (nSPS) is 10.5. The number of likely N-dealkylation sites (N-methyl/N-ethyl adjacent to an activating group) is 2. The van der Waals surface area contributed by atoms with Crippen LogP contribution in [-0.4, -0.2) is 34.3 Å². The average molecular weight is 236 g/mol. The van der Waals surface area contributed by atoms with Gasteiger partial charge >= 0.3 is 0 Å². The van der Waals surface area contributed by atoms with E-state index in [1.807, 2.05) is 7.05 Å². The fourth-order valence-corrected chi connectivity index (χ4v) is 2.15. The summed E-state index contributed by atoms with van der Waals surface area (Å²) in [5.41, 5.74) is 5.02. The van der Waals surface area contributed by atoms with E-state index in [0.29, 0.717) is 0 Å². The molecule has 0 amide bonds. The number of nitrogens with zero attached hydrogens (tertiary/aromatic N) is 1. The summed E-state index contributed by atoms with van der Waals surface area (Å²) in [4.78, 5) is 2.28. The quantitative estimate of drug-likeness (QED) is 0.849. The first-order valence-electron chi connectivity index (χ1n) is 6.03. The van der Waals surface area contributed by atoms with Crippen molar-refractivity contribution in [2.24, 2.45) is 0 Å². The van der Waals surface area contributed by atoms with Gasteiger partial charge < -0.3 is 15.0 Å². The molecule has 0 saturated carbocycles. The molecule has 1 N–H and O–H groups in total. The lowest BCUT2D eigenvalue weighted by atomic mass is 10.0. The number of benzene rings is 1. The summed E-state index contributed by atoms with van der Waals surface area (Å²) in [6, 6.07) is 2.21. The Morgan fingerprint density at radius 1 is 1.24 bits per heavy atom. The van der Waals surface area contributed by atoms with Crippen molar-refractivity contribution < 1.29 is 4.74 Å². The third kappa shape index (κ3) is 2.91. The third-order valence-corrected chi connectivity index (χ3v) is 3.31. The lowest BCUT2D eigenvalue weighted by Crippen LogP contribution is -2.27. The van der Waals surface area contributed by atoms with Gasteiger partial charge in [-0.15, -0.1) is 0 Å². The van der Waals surface area contributed by atoms with Gasteiger partial charge in [0.05, 0.1) is 7.11 Å². The van der Waals surface area contributed by atoms with E-state index >= 15 is 0 Å². The summed E-state index contributed by atoms with van der Waals surface area (Å²) in [5, 5.41) is 3.17. The van der Waals surface area contributed by atoms with Crippen LogP contribution in [-0.2, 0) is 0 Å². The summed E-state index contributed by atoms with van der Waals surface area (Å²) in [6.45, 7) is 8.36. The summed E-state index contributed by atoms with van der Waals surface area (Å²) < 4.78 is 5.44. The molecule has 0 aliphatic carbocycles. The van der Waals surface area contributed by atoms with Crippen molar-refractivity contribution in [2.45, 2.75) is 20.8 Å². The molecule has 0 fully saturated rings. The number of anilines is 1. The highest BCUT2D eigenvalue weighted by molar-refractivity contribution is 5.62. The Morgan fingerprint density at radius 3 is 2.41 bits per heavy atom. The van der Waals surface area contributed by atoms with Crippen molar-refractivity contribution in [3.8, 4) is 5.75 Å². The molecule has 0 aliphatic heterocycles. The molecule has 0 aliphatic rings. The SMILES string of the molecule is CNCCN(C)c1cc(C)c(OC)c(C)c1C. The first kappa shape index (κ1) is 13.8. The molecule has 0 saturated heterocycles. The van der Waals surface area contributed by atoms with Gasteiger partial charge in [0.2, 0.25) is 0 Å². The van der Waals surface area contributed by atoms with Crippen LogP contribution in [0.2, 0.25) is 0 Å². The third-order valence-electron chi connectivity index (χ3n) is 3.31. The molecule has 17 heavy (non-hydrogen) atoms. The van der Waals surface area contributed by atoms with Gasteiger partial charge in [0.15, 0.2) is 0 Å². The number of hydrogen-bond donors (Lipinski definition) is 1. The minimum Gasteiger partial charge on any atom is -0.496 e. The van der Waals surface area contributed by atoms with E-state index in [0.717, 1.165) is 18.8 Å². The molecule has 3 nitrogen and oxygen atoms in total. The van der Waals surface area contributed by atoms with Crippen LogP contribution < -0.4 is 15.0 Å². The van der Waals surface area contributed by atoms with Gasteiger partial charge in [-0.25, -0.2) is 0 Å². The predicted octanol–water partition coefficient (Wildman–Crippen LogP) is 2.28. The number of hydrogen-bond acceptors (Lipinski definition) is 3. The molecule has 0 aromatic heterocycles. The maximum Gasteiger partial charge on any atom is 0.125 e. The van der Waals surface area contributed by atoms with E-state index in [-0.39, 0.29) is 0 Å². The summed E-state index contributed by atoms with van der Waals surface area (Å²) in [5.74, 6) is 1.01. The minimum atomic E-state index is 0.986. The second-order valence-corrected chi connectivity index (χ2v) is 4.52. The highest BCUT2D eigenvalue weighted by atomic mass is 16.5. The first-order chi connectivity index (χ1) is 8.02. The first-order valence-corrected chi connectivity index (χ1v) is 6.03. The van der Waals surface area contributed by atoms with Crippen LogP contribution in [0.5, 0.6) is 5.75 Å². The van der Waals surface area contributed by atoms with Crippen LogP contribution in [0, 0.1) is 20.8 Å². The molecule has 0 spiro atoms. The van der Waals surface area contributed by atoms with E-state index in [2.05, 4.69) is 44.1 Å². The fourth-order valence-electron chi connectivity index (χ4n) is 2.15. The molecule has 1 rings (SSSR count). The Balaban J connectivity index is 3.09. The zero-order valence-electron chi connectivity index (χ0n) is 11.8. The molecule has 96 valence electrons. The highest BCUT2D eigenvalue weighted by Crippen LogP contribution is 2.32. The van der Waals surface area contributed by atoms with Gasteiger partial charge in [-0.3, -0.25) is 0 Å². The van der Waals surface area contributed by atoms with Crippen LogP contribution in [0.25, 0.3) is 0 Å². The smallest absolute Gasteiger partial charge is 0.125 e. The Hall–Kier alpha value is -1.22. The molecular formula is C14H24N2O. The van der Waals surface area contributed by atoms with E-state index in [1.165, 1.54) is 22.4 Å². The average Bonchev–Trinajstić information content (AvgIpc) is 2.31. The van der Waals surface area contributed by atoms with Crippen molar-refractivity contribution in [1.82, 2.24) is 5.32 Å². The zero-order valence-corrected chi connectivity index (χ0v) is 11.8. The van der Waals surface area contributed by atoms with Gasteiger partial charge in [0.1, 0.15) is 5.75 Å². The minimum absolute atomic E-state index is 0.986. The van der Waals surface area contributed by atoms with Gasteiger partial charge in [-0.1, -0.05) is 0 Å². The van der Waals surface area contributed by atoms with Crippen molar-refractivity contribution in [3.05, 3.63) is 22.8 Å². The second kappa shape index (κ2) is 5.92. The van der Waals surface area contributed by atoms with Gasteiger partial charge in [0.25, 0.3) is 0 Å². The standard InChI is InChI=1S/C14H24N2O/c1-10-9-13(16(5)8-7-15-4)11(2)12(3)14(10)17-6/h9,15H,7-8H2,1-6H3. The molecular weight excluding hydrogens is 212 g/mol. The lowest BCUT2D eigenvalue weighted by molar-refractivity contribution is 0.408. The Kier molecular flexibility index (Phi) is 4.82. The Bertz CT molecular complexity index is 388. The van der Waals surface area contributed by atoms with E-state index < -0.39 is 0 Å². The molecule has 3 heteroatoms. The van der Waals surface area contributed by atoms with Gasteiger partial charge in [-0.05, 0) is 50.6 Å². The largest absolute Gasteiger partial charge is 0.496 e. The monoisotopic (exact) mass is 236 g/mol. The van der Waals surface area contributed by atoms with Crippen LogP contribution in [0.15, 0.2) is 6.07 Å². The molecule has 0 atom stereocenters. The van der Waals surface area contributed by atoms with Gasteiger partial charge in [0, 0.05) is 25.8 Å².